The summed E-state index contributed by atoms with van der Waals surface area (Å²) in [5.41, 5.74) is 1.33. The third-order valence-electron chi connectivity index (χ3n) is 6.82. The summed E-state index contributed by atoms with van der Waals surface area (Å²) in [6.07, 6.45) is 11.2. The minimum atomic E-state index is 0.232. The van der Waals surface area contributed by atoms with Gasteiger partial charge in [-0.2, -0.15) is 0 Å². The van der Waals surface area contributed by atoms with Crippen LogP contribution < -0.4 is 4.74 Å². The van der Waals surface area contributed by atoms with E-state index in [1.54, 1.807) is 17.7 Å². The minimum absolute atomic E-state index is 0.232. The Balaban J connectivity index is 1.30. The van der Waals surface area contributed by atoms with Crippen molar-refractivity contribution in [3.05, 3.63) is 16.8 Å². The van der Waals surface area contributed by atoms with Gasteiger partial charge in [0.05, 0.1) is 18.6 Å². The van der Waals surface area contributed by atoms with Crippen LogP contribution in [0.5, 0.6) is 5.88 Å². The molecule has 2 aromatic rings. The van der Waals surface area contributed by atoms with E-state index in [2.05, 4.69) is 14.9 Å². The fraction of sp³-hybridized carbons (Fsp3) is 0.682. The van der Waals surface area contributed by atoms with Crippen LogP contribution in [0.15, 0.2) is 6.33 Å². The number of thiophene rings is 1. The molecular formula is C22H29N3O3S. The summed E-state index contributed by atoms with van der Waals surface area (Å²) in [6.45, 7) is 3.85. The summed E-state index contributed by atoms with van der Waals surface area (Å²) < 4.78 is 12.0. The van der Waals surface area contributed by atoms with Gasteiger partial charge < -0.3 is 14.3 Å². The Morgan fingerprint density at radius 3 is 2.79 bits per heavy atom. The first-order valence-corrected chi connectivity index (χ1v) is 11.8. The second kappa shape index (κ2) is 8.66. The first-order valence-electron chi connectivity index (χ1n) is 11.0. The van der Waals surface area contributed by atoms with E-state index in [0.29, 0.717) is 18.4 Å². The minimum Gasteiger partial charge on any atom is -0.474 e. The van der Waals surface area contributed by atoms with Gasteiger partial charge in [-0.25, -0.2) is 9.97 Å². The summed E-state index contributed by atoms with van der Waals surface area (Å²) in [5, 5.41) is 1.11. The molecule has 1 atom stereocenters. The molecule has 0 N–H and O–H groups in total. The van der Waals surface area contributed by atoms with Gasteiger partial charge in [0.15, 0.2) is 0 Å². The Hall–Kier alpha value is -1.57. The third-order valence-corrected chi connectivity index (χ3v) is 8.02. The molecule has 3 heterocycles. The van der Waals surface area contributed by atoms with E-state index in [9.17, 15) is 4.79 Å². The molecule has 0 bridgehead atoms. The van der Waals surface area contributed by atoms with Crippen LogP contribution in [0.3, 0.4) is 0 Å². The molecule has 1 aliphatic heterocycles. The molecule has 0 unspecified atom stereocenters. The van der Waals surface area contributed by atoms with Gasteiger partial charge in [0.25, 0.3) is 0 Å². The number of carbonyl (C=O) groups excluding carboxylic acids is 1. The fourth-order valence-corrected chi connectivity index (χ4v) is 6.38. The highest BCUT2D eigenvalue weighted by Gasteiger charge is 2.30. The molecule has 2 aliphatic carbocycles. The number of aldehydes is 1. The Kier molecular flexibility index (Phi) is 5.79. The lowest BCUT2D eigenvalue weighted by molar-refractivity contribution is -0.108. The van der Waals surface area contributed by atoms with Crippen LogP contribution in [0.2, 0.25) is 0 Å². The lowest BCUT2D eigenvalue weighted by atomic mass is 9.85. The normalized spacial score (nSPS) is 28.2. The number of hydrogen-bond donors (Lipinski definition) is 0. The number of aryl methyl sites for hydroxylation is 1. The van der Waals surface area contributed by atoms with Gasteiger partial charge in [0, 0.05) is 30.4 Å². The van der Waals surface area contributed by atoms with Crippen LogP contribution in [-0.4, -0.2) is 59.6 Å². The van der Waals surface area contributed by atoms with Crippen molar-refractivity contribution in [3.63, 3.8) is 0 Å². The molecule has 0 aromatic carbocycles. The van der Waals surface area contributed by atoms with Gasteiger partial charge >= 0.3 is 0 Å². The highest BCUT2D eigenvalue weighted by atomic mass is 32.1. The van der Waals surface area contributed by atoms with Gasteiger partial charge in [-0.3, -0.25) is 4.90 Å². The van der Waals surface area contributed by atoms with Crippen molar-refractivity contribution < 1.29 is 14.3 Å². The number of carbonyl (C=O) groups is 1. The topological polar surface area (TPSA) is 64.5 Å². The van der Waals surface area contributed by atoms with Crippen LogP contribution in [0.25, 0.3) is 10.2 Å². The van der Waals surface area contributed by atoms with Crippen LogP contribution in [0.1, 0.15) is 49.0 Å². The van der Waals surface area contributed by atoms with Crippen molar-refractivity contribution in [1.82, 2.24) is 14.9 Å². The zero-order valence-corrected chi connectivity index (χ0v) is 17.7. The average Bonchev–Trinajstić information content (AvgIpc) is 3.14. The molecule has 1 saturated heterocycles. The second-order valence-electron chi connectivity index (χ2n) is 8.57. The van der Waals surface area contributed by atoms with E-state index in [1.165, 1.54) is 23.3 Å². The number of morpholine rings is 1. The van der Waals surface area contributed by atoms with Gasteiger partial charge in [-0.15, -0.1) is 11.3 Å². The van der Waals surface area contributed by atoms with Crippen LogP contribution in [0, 0.1) is 5.92 Å². The smallest absolute Gasteiger partial charge is 0.225 e. The van der Waals surface area contributed by atoms with Crippen LogP contribution in [-0.2, 0) is 22.4 Å². The summed E-state index contributed by atoms with van der Waals surface area (Å²) >= 11 is 1.78. The van der Waals surface area contributed by atoms with Crippen molar-refractivity contribution in [1.29, 1.82) is 0 Å². The number of hydrogen-bond acceptors (Lipinski definition) is 7. The van der Waals surface area contributed by atoms with Crippen molar-refractivity contribution in [3.8, 4) is 5.88 Å². The molecular weight excluding hydrogens is 386 g/mol. The molecule has 0 spiro atoms. The molecule has 0 radical (unpaired) electrons. The molecule has 7 heteroatoms. The lowest BCUT2D eigenvalue weighted by Crippen LogP contribution is -2.46. The fourth-order valence-electron chi connectivity index (χ4n) is 5.21. The van der Waals surface area contributed by atoms with Gasteiger partial charge in [0.2, 0.25) is 5.88 Å². The Morgan fingerprint density at radius 2 is 2.00 bits per heavy atom. The molecule has 2 fully saturated rings. The zero-order chi connectivity index (χ0) is 19.6. The predicted molar refractivity (Wildman–Crippen MR) is 113 cm³/mol. The second-order valence-corrected chi connectivity index (χ2v) is 9.65. The van der Waals surface area contributed by atoms with E-state index < -0.39 is 0 Å². The summed E-state index contributed by atoms with van der Waals surface area (Å²) in [4.78, 5) is 25.1. The van der Waals surface area contributed by atoms with E-state index in [1.807, 2.05) is 0 Å². The Labute approximate surface area is 175 Å². The van der Waals surface area contributed by atoms with Gasteiger partial charge in [-0.1, -0.05) is 0 Å². The number of fused-ring (bicyclic) bond motifs is 3. The maximum absolute atomic E-state index is 11.0. The van der Waals surface area contributed by atoms with E-state index in [0.717, 1.165) is 80.8 Å². The Bertz CT molecular complexity index is 856. The number of rotatable bonds is 5. The first kappa shape index (κ1) is 19.4. The van der Waals surface area contributed by atoms with Gasteiger partial charge in [0.1, 0.15) is 23.5 Å². The first-order chi connectivity index (χ1) is 14.3. The summed E-state index contributed by atoms with van der Waals surface area (Å²) in [5.74, 6) is 1.20. The van der Waals surface area contributed by atoms with Crippen molar-refractivity contribution in [2.45, 2.75) is 63.5 Å². The summed E-state index contributed by atoms with van der Waals surface area (Å²) in [6, 6.07) is 0.669. The molecule has 5 rings (SSSR count). The Morgan fingerprint density at radius 1 is 1.17 bits per heavy atom. The molecule has 3 aliphatic rings. The molecule has 1 saturated carbocycles. The van der Waals surface area contributed by atoms with E-state index in [-0.39, 0.29) is 6.10 Å². The monoisotopic (exact) mass is 415 g/mol. The van der Waals surface area contributed by atoms with E-state index in [4.69, 9.17) is 9.47 Å². The molecule has 0 amide bonds. The van der Waals surface area contributed by atoms with Gasteiger partial charge in [-0.05, 0) is 56.4 Å². The average molecular weight is 416 g/mol. The van der Waals surface area contributed by atoms with E-state index >= 15 is 0 Å². The van der Waals surface area contributed by atoms with Crippen LogP contribution in [0.4, 0.5) is 0 Å². The maximum atomic E-state index is 11.0. The van der Waals surface area contributed by atoms with Crippen molar-refractivity contribution in [2.24, 2.45) is 5.92 Å². The zero-order valence-electron chi connectivity index (χ0n) is 16.8. The highest BCUT2D eigenvalue weighted by Crippen LogP contribution is 2.41. The van der Waals surface area contributed by atoms with Crippen molar-refractivity contribution >= 4 is 27.8 Å². The van der Waals surface area contributed by atoms with Crippen molar-refractivity contribution in [2.75, 3.05) is 26.3 Å². The molecule has 156 valence electrons. The molecule has 2 aromatic heterocycles. The van der Waals surface area contributed by atoms with Crippen LogP contribution >= 0.6 is 11.3 Å². The number of ether oxygens (including phenoxy) is 2. The number of nitrogens with zero attached hydrogens (tertiary/aromatic N) is 3. The molecule has 29 heavy (non-hydrogen) atoms. The maximum Gasteiger partial charge on any atom is 0.225 e. The predicted octanol–water partition coefficient (Wildman–Crippen LogP) is 3.41. The number of aromatic nitrogens is 2. The SMILES string of the molecule is O=CC[C@@H]1CCc2sc3ncnc(O[C@H]4CC[C@H](N5CCOCC5)CC4)c3c2C1. The summed E-state index contributed by atoms with van der Waals surface area (Å²) in [7, 11) is 0. The highest BCUT2D eigenvalue weighted by molar-refractivity contribution is 7.18. The third kappa shape index (κ3) is 4.05. The molecule has 6 nitrogen and oxygen atoms in total. The largest absolute Gasteiger partial charge is 0.474 e. The quantitative estimate of drug-likeness (QED) is 0.698. The standard InChI is InChI=1S/C22H29N3O3S/c26-10-7-15-1-6-19-18(13-15)20-21(23-14-24-22(20)29-19)28-17-4-2-16(3-5-17)25-8-11-27-12-9-25/h10,14-17H,1-9,11-13H2/t15-,16-,17-/m0/s1. The lowest BCUT2D eigenvalue weighted by Gasteiger charge is -2.38.